The zero-order chi connectivity index (χ0) is 24.7. The molecule has 0 bridgehead atoms. The van der Waals surface area contributed by atoms with Gasteiger partial charge in [-0.25, -0.2) is 4.79 Å². The van der Waals surface area contributed by atoms with Gasteiger partial charge in [0.25, 0.3) is 5.56 Å². The first-order valence-corrected chi connectivity index (χ1v) is 11.4. The van der Waals surface area contributed by atoms with Crippen LogP contribution in [0.1, 0.15) is 24.1 Å². The third kappa shape index (κ3) is 4.03. The van der Waals surface area contributed by atoms with Gasteiger partial charge in [-0.2, -0.15) is 0 Å². The standard InChI is InChI=1S/C25H27N3O7/c1-5-32-25(30)35-22-9-15-14(8-19(22)31-4)17-12-26-18-11-21-20(33-13-34-21)10-16(18)23(17)28(24(15)29)7-6-27(2)3/h8-12,16,18H,5-7,13H2,1-4H3. The smallest absolute Gasteiger partial charge is 0.493 e. The summed E-state index contributed by atoms with van der Waals surface area (Å²) < 4.78 is 28.7. The lowest BCUT2D eigenvalue weighted by molar-refractivity contribution is 0.0976. The third-order valence-electron chi connectivity index (χ3n) is 6.25. The molecule has 2 aliphatic heterocycles. The Hall–Kier alpha value is -3.79. The van der Waals surface area contributed by atoms with Gasteiger partial charge in [-0.1, -0.05) is 0 Å². The first-order valence-electron chi connectivity index (χ1n) is 11.4. The van der Waals surface area contributed by atoms with Gasteiger partial charge in [-0.3, -0.25) is 9.79 Å². The van der Waals surface area contributed by atoms with Crippen molar-refractivity contribution in [3.05, 3.63) is 57.4 Å². The first-order chi connectivity index (χ1) is 16.9. The van der Waals surface area contributed by atoms with Crippen molar-refractivity contribution in [2.45, 2.75) is 25.4 Å². The fourth-order valence-electron chi connectivity index (χ4n) is 4.61. The highest BCUT2D eigenvalue weighted by Crippen LogP contribution is 2.41. The van der Waals surface area contributed by atoms with Crippen molar-refractivity contribution in [1.82, 2.24) is 9.47 Å². The Morgan fingerprint density at radius 3 is 2.63 bits per heavy atom. The molecule has 1 aromatic carbocycles. The fraction of sp³-hybridized carbons (Fsp3) is 0.400. The summed E-state index contributed by atoms with van der Waals surface area (Å²) in [6.45, 7) is 3.14. The van der Waals surface area contributed by atoms with Gasteiger partial charge in [0.15, 0.2) is 23.0 Å². The number of aliphatic imine (C=N–C) groups is 1. The lowest BCUT2D eigenvalue weighted by atomic mass is 9.84. The molecule has 0 amide bonds. The molecular weight excluding hydrogens is 454 g/mol. The molecule has 0 radical (unpaired) electrons. The lowest BCUT2D eigenvalue weighted by Crippen LogP contribution is -2.35. The molecule has 5 rings (SSSR count). The molecular formula is C25H27N3O7. The van der Waals surface area contributed by atoms with E-state index in [1.165, 1.54) is 13.2 Å². The van der Waals surface area contributed by atoms with Crippen LogP contribution in [0.3, 0.4) is 0 Å². The number of fused-ring (bicyclic) bond motifs is 6. The second-order valence-corrected chi connectivity index (χ2v) is 8.66. The number of ether oxygens (including phenoxy) is 5. The van der Waals surface area contributed by atoms with Gasteiger partial charge in [-0.15, -0.1) is 0 Å². The molecule has 184 valence electrons. The molecule has 1 aliphatic carbocycles. The maximum Gasteiger partial charge on any atom is 0.513 e. The maximum absolute atomic E-state index is 13.9. The number of likely N-dealkylation sites (N-methyl/N-ethyl adjacent to an activating group) is 1. The van der Waals surface area contributed by atoms with Gasteiger partial charge in [0.05, 0.1) is 25.1 Å². The molecule has 1 saturated heterocycles. The molecule has 2 aromatic rings. The Morgan fingerprint density at radius 2 is 1.91 bits per heavy atom. The molecule has 10 nitrogen and oxygen atoms in total. The monoisotopic (exact) mass is 481 g/mol. The minimum Gasteiger partial charge on any atom is -0.493 e. The SMILES string of the molecule is CCOC(=O)Oc1cc2c(=O)n(CCN(C)C)c3c(c2cc1OC)C=NC1C=C2OCOC2=CC31. The Bertz CT molecular complexity index is 1340. The van der Waals surface area contributed by atoms with Crippen LogP contribution in [0.15, 0.2) is 45.6 Å². The maximum atomic E-state index is 13.9. The number of benzene rings is 1. The van der Waals surface area contributed by atoms with Crippen LogP contribution in [0.25, 0.3) is 10.8 Å². The minimum atomic E-state index is -0.865. The Labute approximate surface area is 202 Å². The van der Waals surface area contributed by atoms with E-state index in [0.717, 1.165) is 11.3 Å². The van der Waals surface area contributed by atoms with E-state index in [9.17, 15) is 9.59 Å². The minimum absolute atomic E-state index is 0.115. The topological polar surface area (TPSA) is 101 Å². The van der Waals surface area contributed by atoms with E-state index in [1.54, 1.807) is 23.8 Å². The first kappa shape index (κ1) is 23.0. The van der Waals surface area contributed by atoms with E-state index in [4.69, 9.17) is 28.7 Å². The van der Waals surface area contributed by atoms with Gasteiger partial charge in [0, 0.05) is 41.9 Å². The van der Waals surface area contributed by atoms with E-state index in [1.807, 2.05) is 31.1 Å². The largest absolute Gasteiger partial charge is 0.513 e. The number of aromatic nitrogens is 1. The summed E-state index contributed by atoms with van der Waals surface area (Å²) in [6.07, 6.45) is 4.85. The van der Waals surface area contributed by atoms with Gasteiger partial charge in [0.1, 0.15) is 0 Å². The number of methoxy groups -OCH3 is 1. The molecule has 0 saturated carbocycles. The highest BCUT2D eigenvalue weighted by molar-refractivity contribution is 6.03. The second kappa shape index (κ2) is 9.10. The number of carbonyl (C=O) groups excluding carboxylic acids is 1. The molecule has 2 unspecified atom stereocenters. The molecule has 0 N–H and O–H groups in total. The van der Waals surface area contributed by atoms with E-state index in [-0.39, 0.29) is 36.7 Å². The van der Waals surface area contributed by atoms with Gasteiger partial charge in [0.2, 0.25) is 6.79 Å². The van der Waals surface area contributed by atoms with Gasteiger partial charge >= 0.3 is 6.16 Å². The van der Waals surface area contributed by atoms with E-state index < -0.39 is 6.16 Å². The molecule has 1 aromatic heterocycles. The van der Waals surface area contributed by atoms with E-state index in [2.05, 4.69) is 0 Å². The Kier molecular flexibility index (Phi) is 5.98. The molecule has 3 aliphatic rings. The predicted molar refractivity (Wildman–Crippen MR) is 128 cm³/mol. The molecule has 1 fully saturated rings. The quantitative estimate of drug-likeness (QED) is 0.459. The van der Waals surface area contributed by atoms with Crippen molar-refractivity contribution < 1.29 is 28.5 Å². The van der Waals surface area contributed by atoms with Crippen LogP contribution >= 0.6 is 0 Å². The van der Waals surface area contributed by atoms with Crippen molar-refractivity contribution >= 4 is 23.1 Å². The Balaban J connectivity index is 1.73. The van der Waals surface area contributed by atoms with Crippen LogP contribution in [0.4, 0.5) is 4.79 Å². The fourth-order valence-corrected chi connectivity index (χ4v) is 4.61. The number of rotatable bonds is 6. The highest BCUT2D eigenvalue weighted by Gasteiger charge is 2.36. The molecule has 0 spiro atoms. The number of hydrogen-bond acceptors (Lipinski definition) is 9. The molecule has 35 heavy (non-hydrogen) atoms. The van der Waals surface area contributed by atoms with Crippen LogP contribution in [-0.2, 0) is 20.8 Å². The van der Waals surface area contributed by atoms with Crippen molar-refractivity contribution in [2.24, 2.45) is 4.99 Å². The van der Waals surface area contributed by atoms with Crippen LogP contribution < -0.4 is 15.0 Å². The van der Waals surface area contributed by atoms with Crippen LogP contribution in [-0.4, -0.2) is 69.0 Å². The lowest BCUT2D eigenvalue weighted by Gasteiger charge is -2.31. The van der Waals surface area contributed by atoms with Crippen molar-refractivity contribution in [3.63, 3.8) is 0 Å². The zero-order valence-electron chi connectivity index (χ0n) is 20.1. The average molecular weight is 482 g/mol. The molecule has 2 atom stereocenters. The molecule has 3 heterocycles. The van der Waals surface area contributed by atoms with Crippen LogP contribution in [0.2, 0.25) is 0 Å². The third-order valence-corrected chi connectivity index (χ3v) is 6.25. The predicted octanol–water partition coefficient (Wildman–Crippen LogP) is 2.78. The second-order valence-electron chi connectivity index (χ2n) is 8.66. The van der Waals surface area contributed by atoms with E-state index >= 15 is 0 Å². The number of hydrogen-bond donors (Lipinski definition) is 0. The molecule has 10 heteroatoms. The highest BCUT2D eigenvalue weighted by atomic mass is 16.7. The summed E-state index contributed by atoms with van der Waals surface area (Å²) >= 11 is 0. The summed E-state index contributed by atoms with van der Waals surface area (Å²) in [4.78, 5) is 32.6. The summed E-state index contributed by atoms with van der Waals surface area (Å²) in [5.41, 5.74) is 1.47. The summed E-state index contributed by atoms with van der Waals surface area (Å²) in [5, 5.41) is 1.06. The van der Waals surface area contributed by atoms with Crippen LogP contribution in [0.5, 0.6) is 11.5 Å². The Morgan fingerprint density at radius 1 is 1.17 bits per heavy atom. The van der Waals surface area contributed by atoms with E-state index in [0.29, 0.717) is 41.1 Å². The number of carbonyl (C=O) groups is 1. The normalized spacial score (nSPS) is 19.7. The summed E-state index contributed by atoms with van der Waals surface area (Å²) in [6, 6.07) is 3.03. The van der Waals surface area contributed by atoms with Crippen molar-refractivity contribution in [2.75, 3.05) is 41.1 Å². The van der Waals surface area contributed by atoms with Crippen molar-refractivity contribution in [3.8, 4) is 11.5 Å². The van der Waals surface area contributed by atoms with Crippen LogP contribution in [0, 0.1) is 0 Å². The summed E-state index contributed by atoms with van der Waals surface area (Å²) in [5.74, 6) is 1.57. The van der Waals surface area contributed by atoms with Gasteiger partial charge in [-0.05, 0) is 45.3 Å². The average Bonchev–Trinajstić information content (AvgIpc) is 3.29. The number of pyridine rings is 1. The van der Waals surface area contributed by atoms with Gasteiger partial charge < -0.3 is 33.2 Å². The number of nitrogens with zero attached hydrogens (tertiary/aromatic N) is 3. The van der Waals surface area contributed by atoms with Crippen molar-refractivity contribution in [1.29, 1.82) is 0 Å². The summed E-state index contributed by atoms with van der Waals surface area (Å²) in [7, 11) is 5.39. The zero-order valence-corrected chi connectivity index (χ0v) is 20.1.